The van der Waals surface area contributed by atoms with Crippen molar-refractivity contribution >= 4 is 5.97 Å². The fraction of sp³-hybridized carbons (Fsp3) is 0.706. The summed E-state index contributed by atoms with van der Waals surface area (Å²) < 4.78 is 21.3. The molecule has 6 heteroatoms. The highest BCUT2D eigenvalue weighted by Crippen LogP contribution is 2.13. The second kappa shape index (κ2) is 13.1. The summed E-state index contributed by atoms with van der Waals surface area (Å²) in [5, 5.41) is 9.11. The van der Waals surface area contributed by atoms with Crippen molar-refractivity contribution in [3.05, 3.63) is 11.6 Å². The van der Waals surface area contributed by atoms with Crippen molar-refractivity contribution in [2.24, 2.45) is 0 Å². The summed E-state index contributed by atoms with van der Waals surface area (Å²) in [6.07, 6.45) is 4.59. The number of ether oxygens (including phenoxy) is 4. The molecule has 0 radical (unpaired) electrons. The van der Waals surface area contributed by atoms with Crippen LogP contribution in [0.4, 0.5) is 0 Å². The minimum Gasteiger partial charge on any atom is -0.478 e. The summed E-state index contributed by atoms with van der Waals surface area (Å²) in [4.78, 5) is 11.1. The average molecular weight is 326 g/mol. The Labute approximate surface area is 137 Å². The monoisotopic (exact) mass is 326 g/mol. The van der Waals surface area contributed by atoms with Crippen molar-refractivity contribution in [3.8, 4) is 11.8 Å². The van der Waals surface area contributed by atoms with Gasteiger partial charge >= 0.3 is 5.97 Å². The Morgan fingerprint density at radius 1 is 1.30 bits per heavy atom. The van der Waals surface area contributed by atoms with Crippen LogP contribution in [-0.4, -0.2) is 57.0 Å². The smallest absolute Gasteiger partial charge is 0.332 e. The quantitative estimate of drug-likeness (QED) is 0.376. The topological polar surface area (TPSA) is 74.2 Å². The highest BCUT2D eigenvalue weighted by atomic mass is 16.7. The summed E-state index contributed by atoms with van der Waals surface area (Å²) in [5.74, 6) is 4.52. The van der Waals surface area contributed by atoms with Crippen LogP contribution >= 0.6 is 0 Å². The molecule has 6 nitrogen and oxygen atoms in total. The summed E-state index contributed by atoms with van der Waals surface area (Å²) >= 11 is 0. The first-order chi connectivity index (χ1) is 11.2. The molecule has 23 heavy (non-hydrogen) atoms. The first-order valence-corrected chi connectivity index (χ1v) is 8.03. The van der Waals surface area contributed by atoms with E-state index in [4.69, 9.17) is 24.1 Å². The molecular weight excluding hydrogens is 300 g/mol. The zero-order valence-corrected chi connectivity index (χ0v) is 13.7. The summed E-state index contributed by atoms with van der Waals surface area (Å²) in [6, 6.07) is 0. The molecule has 0 amide bonds. The third kappa shape index (κ3) is 10.1. The summed E-state index contributed by atoms with van der Waals surface area (Å²) in [5.41, 5.74) is 0.225. The van der Waals surface area contributed by atoms with Gasteiger partial charge in [-0.25, -0.2) is 4.79 Å². The standard InChI is InChI=1S/C17H26O6/c1-2-20-13-14-21-12-9-15(17(18)19)7-3-5-10-22-16-8-4-6-11-23-16/h7,16H,2,4,6,8-14H2,1H3,(H,18,19). The Morgan fingerprint density at radius 3 is 2.83 bits per heavy atom. The number of carboxylic acid groups (broad SMARTS) is 1. The molecule has 1 unspecified atom stereocenters. The fourth-order valence-corrected chi connectivity index (χ4v) is 1.94. The molecule has 1 fully saturated rings. The normalized spacial score (nSPS) is 18.3. The third-order valence-corrected chi connectivity index (χ3v) is 3.19. The molecule has 130 valence electrons. The van der Waals surface area contributed by atoms with Crippen molar-refractivity contribution in [2.75, 3.05) is 39.6 Å². The number of hydrogen-bond donors (Lipinski definition) is 1. The Hall–Kier alpha value is -1.39. The number of carbonyl (C=O) groups is 1. The van der Waals surface area contributed by atoms with Gasteiger partial charge in [-0.2, -0.15) is 0 Å². The van der Waals surface area contributed by atoms with Crippen LogP contribution in [-0.2, 0) is 23.7 Å². The van der Waals surface area contributed by atoms with Gasteiger partial charge in [0.2, 0.25) is 0 Å². The van der Waals surface area contributed by atoms with Crippen LogP contribution < -0.4 is 0 Å². The predicted molar refractivity (Wildman–Crippen MR) is 85.0 cm³/mol. The van der Waals surface area contributed by atoms with Crippen LogP contribution in [0.25, 0.3) is 0 Å². The summed E-state index contributed by atoms with van der Waals surface area (Å²) in [6.45, 7) is 4.83. The van der Waals surface area contributed by atoms with Crippen molar-refractivity contribution in [1.82, 2.24) is 0 Å². The molecule has 1 aliphatic heterocycles. The molecule has 1 rings (SSSR count). The van der Waals surface area contributed by atoms with Crippen LogP contribution in [0, 0.1) is 11.8 Å². The number of aliphatic carboxylic acids is 1. The number of rotatable bonds is 10. The van der Waals surface area contributed by atoms with E-state index in [1.807, 2.05) is 6.92 Å². The first kappa shape index (κ1) is 19.7. The van der Waals surface area contributed by atoms with E-state index in [1.54, 1.807) is 0 Å². The lowest BCUT2D eigenvalue weighted by molar-refractivity contribution is -0.154. The molecule has 0 aromatic heterocycles. The van der Waals surface area contributed by atoms with Gasteiger partial charge < -0.3 is 24.1 Å². The average Bonchev–Trinajstić information content (AvgIpc) is 2.56. The van der Waals surface area contributed by atoms with Gasteiger partial charge in [-0.15, -0.1) is 0 Å². The van der Waals surface area contributed by atoms with Gasteiger partial charge in [-0.05, 0) is 32.3 Å². The van der Waals surface area contributed by atoms with Gasteiger partial charge in [0.05, 0.1) is 19.8 Å². The molecule has 0 bridgehead atoms. The number of allylic oxidation sites excluding steroid dienone is 1. The van der Waals surface area contributed by atoms with E-state index >= 15 is 0 Å². The molecule has 0 spiro atoms. The van der Waals surface area contributed by atoms with Gasteiger partial charge in [0.15, 0.2) is 6.29 Å². The van der Waals surface area contributed by atoms with Crippen molar-refractivity contribution in [3.63, 3.8) is 0 Å². The molecule has 1 N–H and O–H groups in total. The lowest BCUT2D eigenvalue weighted by Crippen LogP contribution is -2.22. The van der Waals surface area contributed by atoms with Crippen molar-refractivity contribution in [1.29, 1.82) is 0 Å². The Kier molecular flexibility index (Phi) is 11.2. The summed E-state index contributed by atoms with van der Waals surface area (Å²) in [7, 11) is 0. The van der Waals surface area contributed by atoms with E-state index in [9.17, 15) is 4.79 Å². The van der Waals surface area contributed by atoms with Gasteiger partial charge in [0, 0.05) is 25.2 Å². The minimum atomic E-state index is -0.982. The second-order valence-electron chi connectivity index (χ2n) is 4.96. The molecular formula is C17H26O6. The van der Waals surface area contributed by atoms with E-state index in [-0.39, 0.29) is 18.5 Å². The maximum absolute atomic E-state index is 11.1. The van der Waals surface area contributed by atoms with E-state index in [0.717, 1.165) is 25.9 Å². The molecule has 1 heterocycles. The molecule has 1 saturated heterocycles. The maximum atomic E-state index is 11.1. The SMILES string of the molecule is CCOCCOCCC(=CC#CCOC1CCCCO1)C(=O)O. The zero-order chi connectivity index (χ0) is 16.8. The Balaban J connectivity index is 2.23. The van der Waals surface area contributed by atoms with Gasteiger partial charge in [0.1, 0.15) is 6.61 Å². The Morgan fingerprint density at radius 2 is 2.13 bits per heavy atom. The van der Waals surface area contributed by atoms with Crippen LogP contribution in [0.1, 0.15) is 32.6 Å². The van der Waals surface area contributed by atoms with Gasteiger partial charge in [-0.3, -0.25) is 0 Å². The van der Waals surface area contributed by atoms with Gasteiger partial charge in [-0.1, -0.05) is 11.8 Å². The lowest BCUT2D eigenvalue weighted by atomic mass is 10.2. The lowest BCUT2D eigenvalue weighted by Gasteiger charge is -2.21. The first-order valence-electron chi connectivity index (χ1n) is 8.03. The highest BCUT2D eigenvalue weighted by molar-refractivity contribution is 5.87. The van der Waals surface area contributed by atoms with Crippen LogP contribution in [0.3, 0.4) is 0 Å². The number of hydrogen-bond acceptors (Lipinski definition) is 5. The molecule has 0 saturated carbocycles. The van der Waals surface area contributed by atoms with Crippen molar-refractivity contribution in [2.45, 2.75) is 38.9 Å². The van der Waals surface area contributed by atoms with E-state index < -0.39 is 5.97 Å². The molecule has 0 aromatic carbocycles. The molecule has 0 aliphatic carbocycles. The number of carboxylic acids is 1. The maximum Gasteiger partial charge on any atom is 0.332 e. The molecule has 1 aliphatic rings. The van der Waals surface area contributed by atoms with E-state index in [0.29, 0.717) is 32.8 Å². The fourth-order valence-electron chi connectivity index (χ4n) is 1.94. The van der Waals surface area contributed by atoms with Crippen molar-refractivity contribution < 1.29 is 28.8 Å². The highest BCUT2D eigenvalue weighted by Gasteiger charge is 2.12. The van der Waals surface area contributed by atoms with Crippen LogP contribution in [0.2, 0.25) is 0 Å². The van der Waals surface area contributed by atoms with E-state index in [1.165, 1.54) is 6.08 Å². The third-order valence-electron chi connectivity index (χ3n) is 3.19. The largest absolute Gasteiger partial charge is 0.478 e. The second-order valence-corrected chi connectivity index (χ2v) is 4.96. The van der Waals surface area contributed by atoms with E-state index in [2.05, 4.69) is 11.8 Å². The predicted octanol–water partition coefficient (Wildman–Crippen LogP) is 1.99. The van der Waals surface area contributed by atoms with Crippen LogP contribution in [0.15, 0.2) is 11.6 Å². The minimum absolute atomic E-state index is 0.181. The Bertz CT molecular complexity index is 415. The van der Waals surface area contributed by atoms with Crippen LogP contribution in [0.5, 0.6) is 0 Å². The zero-order valence-electron chi connectivity index (χ0n) is 13.7. The molecule has 1 atom stereocenters. The molecule has 0 aromatic rings. The van der Waals surface area contributed by atoms with Gasteiger partial charge in [0.25, 0.3) is 0 Å².